The van der Waals surface area contributed by atoms with Gasteiger partial charge >= 0.3 is 5.97 Å². The number of carboxylic acids is 1. The average molecular weight is 891 g/mol. The van der Waals surface area contributed by atoms with E-state index in [-0.39, 0.29) is 13.2 Å². The normalized spacial score (nSPS) is 17.0. The Balaban J connectivity index is 0.982. The highest BCUT2D eigenvalue weighted by molar-refractivity contribution is 5.68. The van der Waals surface area contributed by atoms with Gasteiger partial charge in [-0.2, -0.15) is 20.5 Å². The van der Waals surface area contributed by atoms with Crippen LogP contribution >= 0.6 is 0 Å². The molecule has 64 heavy (non-hydrogen) atoms. The summed E-state index contributed by atoms with van der Waals surface area (Å²) in [6, 6.07) is 24.5. The Morgan fingerprint density at radius 2 is 0.750 bits per heavy atom. The molecule has 0 aliphatic carbocycles. The standard InChI is InChI=1S/C45H54N4O15/c50-45(51)33-64-40(31-62-38-7-1-34(2-8-38)46-48-36-5-11-41-43(29-36)60-27-23-56-19-15-52-13-17-54-21-25-58-41)32-63-39-9-3-35(4-10-39)47-49-37-6-12-42-44(30-37)61-28-24-57-20-16-53-14-18-55-22-26-59-42/h1-12,29-30,40H,13-28,31-33H2,(H,50,51). The van der Waals surface area contributed by atoms with Gasteiger partial charge in [0.05, 0.1) is 102 Å². The van der Waals surface area contributed by atoms with Crippen molar-refractivity contribution in [1.29, 1.82) is 0 Å². The number of carboxylic acid groups (broad SMARTS) is 1. The van der Waals surface area contributed by atoms with Crippen LogP contribution in [0.15, 0.2) is 105 Å². The molecular formula is C45H54N4O15. The fourth-order valence-electron chi connectivity index (χ4n) is 5.67. The van der Waals surface area contributed by atoms with Crippen molar-refractivity contribution in [3.05, 3.63) is 84.9 Å². The van der Waals surface area contributed by atoms with Crippen LogP contribution in [0.25, 0.3) is 0 Å². The van der Waals surface area contributed by atoms with E-state index < -0.39 is 18.7 Å². The van der Waals surface area contributed by atoms with Gasteiger partial charge in [0.15, 0.2) is 23.0 Å². The first-order valence-corrected chi connectivity index (χ1v) is 21.0. The highest BCUT2D eigenvalue weighted by Gasteiger charge is 2.15. The molecule has 6 rings (SSSR count). The quantitative estimate of drug-likeness (QED) is 0.133. The summed E-state index contributed by atoms with van der Waals surface area (Å²) >= 11 is 0. The Hall–Kier alpha value is -5.93. The van der Waals surface area contributed by atoms with Crippen LogP contribution in [0.1, 0.15) is 0 Å². The van der Waals surface area contributed by atoms with Crippen molar-refractivity contribution < 1.29 is 71.5 Å². The van der Waals surface area contributed by atoms with Gasteiger partial charge in [-0.05, 0) is 72.8 Å². The Kier molecular flexibility index (Phi) is 20.8. The molecule has 0 radical (unpaired) electrons. The summed E-state index contributed by atoms with van der Waals surface area (Å²) in [5, 5.41) is 26.7. The molecule has 0 saturated carbocycles. The number of carbonyl (C=O) groups is 1. The minimum Gasteiger partial charge on any atom is -0.491 e. The lowest BCUT2D eigenvalue weighted by atomic mass is 10.3. The summed E-state index contributed by atoms with van der Waals surface area (Å²) in [7, 11) is 0. The molecular weight excluding hydrogens is 837 g/mol. The van der Waals surface area contributed by atoms with Gasteiger partial charge in [-0.1, -0.05) is 0 Å². The summed E-state index contributed by atoms with van der Waals surface area (Å²) in [6.07, 6.45) is -0.703. The zero-order chi connectivity index (χ0) is 44.3. The summed E-state index contributed by atoms with van der Waals surface area (Å²) in [4.78, 5) is 11.3. The third kappa shape index (κ3) is 18.0. The molecule has 19 heteroatoms. The largest absolute Gasteiger partial charge is 0.491 e. The highest BCUT2D eigenvalue weighted by atomic mass is 16.6. The molecule has 0 spiro atoms. The molecule has 19 nitrogen and oxygen atoms in total. The van der Waals surface area contributed by atoms with Crippen LogP contribution in [0.3, 0.4) is 0 Å². The lowest BCUT2D eigenvalue weighted by Gasteiger charge is -2.18. The second-order valence-electron chi connectivity index (χ2n) is 13.7. The molecule has 344 valence electrons. The van der Waals surface area contributed by atoms with E-state index in [1.165, 1.54) is 0 Å². The monoisotopic (exact) mass is 890 g/mol. The molecule has 0 saturated heterocycles. The first-order valence-electron chi connectivity index (χ1n) is 21.0. The van der Waals surface area contributed by atoms with Crippen molar-refractivity contribution in [2.45, 2.75) is 6.10 Å². The lowest BCUT2D eigenvalue weighted by molar-refractivity contribution is -0.145. The maximum absolute atomic E-state index is 11.3. The first-order chi connectivity index (χ1) is 31.6. The SMILES string of the molecule is O=C(O)COC(COc1ccc(N=Nc2ccc3c(c2)OCCOCCOCCOCCO3)cc1)COc1ccc(N=Nc2ccc3c(c2)OCCOCCOCCOCCO3)cc1. The van der Waals surface area contributed by atoms with Gasteiger partial charge in [0.2, 0.25) is 0 Å². The molecule has 4 aromatic rings. The van der Waals surface area contributed by atoms with E-state index >= 15 is 0 Å². The lowest BCUT2D eigenvalue weighted by Crippen LogP contribution is -2.30. The minimum absolute atomic E-state index is 0.0217. The van der Waals surface area contributed by atoms with E-state index in [2.05, 4.69) is 20.5 Å². The van der Waals surface area contributed by atoms with Gasteiger partial charge < -0.3 is 66.7 Å². The van der Waals surface area contributed by atoms with Gasteiger partial charge in [0, 0.05) is 12.1 Å². The zero-order valence-corrected chi connectivity index (χ0v) is 35.5. The Morgan fingerprint density at radius 1 is 0.438 bits per heavy atom. The summed E-state index contributed by atoms with van der Waals surface area (Å²) in [5.74, 6) is 2.07. The third-order valence-electron chi connectivity index (χ3n) is 8.83. The van der Waals surface area contributed by atoms with Gasteiger partial charge in [-0.3, -0.25) is 0 Å². The van der Waals surface area contributed by atoms with Crippen LogP contribution in [-0.4, -0.2) is 143 Å². The number of azo groups is 2. The smallest absolute Gasteiger partial charge is 0.329 e. The third-order valence-corrected chi connectivity index (χ3v) is 8.83. The summed E-state index contributed by atoms with van der Waals surface area (Å²) in [5.41, 5.74) is 2.29. The van der Waals surface area contributed by atoms with E-state index in [0.29, 0.717) is 163 Å². The van der Waals surface area contributed by atoms with Crippen LogP contribution in [0.2, 0.25) is 0 Å². The zero-order valence-electron chi connectivity index (χ0n) is 35.5. The molecule has 0 aromatic heterocycles. The van der Waals surface area contributed by atoms with Gasteiger partial charge in [-0.15, -0.1) is 0 Å². The van der Waals surface area contributed by atoms with Gasteiger partial charge in [-0.25, -0.2) is 4.79 Å². The number of fused-ring (bicyclic) bond motifs is 2. The molecule has 0 amide bonds. The van der Waals surface area contributed by atoms with E-state index in [9.17, 15) is 9.90 Å². The van der Waals surface area contributed by atoms with Crippen LogP contribution < -0.4 is 28.4 Å². The number of hydrogen-bond acceptors (Lipinski definition) is 18. The maximum atomic E-state index is 11.3. The van der Waals surface area contributed by atoms with Crippen LogP contribution in [0.5, 0.6) is 34.5 Å². The number of aliphatic carboxylic acids is 1. The Morgan fingerprint density at radius 3 is 1.11 bits per heavy atom. The number of benzene rings is 4. The molecule has 0 fully saturated rings. The molecule has 2 aliphatic heterocycles. The Bertz CT molecular complexity index is 1890. The molecule has 0 atom stereocenters. The topological polar surface area (TPSA) is 207 Å². The molecule has 2 heterocycles. The van der Waals surface area contributed by atoms with E-state index in [1.807, 2.05) is 0 Å². The number of nitrogens with zero attached hydrogens (tertiary/aromatic N) is 4. The summed E-state index contributed by atoms with van der Waals surface area (Å²) < 4.78 is 74.2. The average Bonchev–Trinajstić information content (AvgIpc) is 3.33. The van der Waals surface area contributed by atoms with Crippen molar-refractivity contribution in [2.24, 2.45) is 20.5 Å². The summed E-state index contributed by atoms with van der Waals surface area (Å²) in [6.45, 7) is 6.29. The predicted octanol–water partition coefficient (Wildman–Crippen LogP) is 7.09. The van der Waals surface area contributed by atoms with E-state index in [1.54, 1.807) is 84.9 Å². The minimum atomic E-state index is -1.11. The molecule has 2 aliphatic rings. The van der Waals surface area contributed by atoms with Crippen molar-refractivity contribution in [3.63, 3.8) is 0 Å². The second-order valence-corrected chi connectivity index (χ2v) is 13.7. The number of ether oxygens (including phenoxy) is 13. The van der Waals surface area contributed by atoms with E-state index in [0.717, 1.165) is 0 Å². The maximum Gasteiger partial charge on any atom is 0.329 e. The van der Waals surface area contributed by atoms with Gasteiger partial charge in [0.25, 0.3) is 0 Å². The van der Waals surface area contributed by atoms with Crippen molar-refractivity contribution >= 4 is 28.7 Å². The fourth-order valence-corrected chi connectivity index (χ4v) is 5.67. The first kappa shape index (κ1) is 47.5. The predicted molar refractivity (Wildman–Crippen MR) is 229 cm³/mol. The van der Waals surface area contributed by atoms with Crippen LogP contribution in [0, 0.1) is 0 Å². The van der Waals surface area contributed by atoms with Crippen molar-refractivity contribution in [3.8, 4) is 34.5 Å². The molecule has 0 bridgehead atoms. The van der Waals surface area contributed by atoms with Crippen molar-refractivity contribution in [2.75, 3.05) is 126 Å². The second kappa shape index (κ2) is 28.0. The molecule has 0 unspecified atom stereocenters. The highest BCUT2D eigenvalue weighted by Crippen LogP contribution is 2.34. The van der Waals surface area contributed by atoms with E-state index in [4.69, 9.17) is 61.6 Å². The number of hydrogen-bond donors (Lipinski definition) is 1. The van der Waals surface area contributed by atoms with Crippen LogP contribution in [-0.2, 0) is 38.0 Å². The molecule has 4 aromatic carbocycles. The van der Waals surface area contributed by atoms with Crippen LogP contribution in [0.4, 0.5) is 22.7 Å². The fraction of sp³-hybridized carbons (Fsp3) is 0.444. The number of rotatable bonds is 13. The van der Waals surface area contributed by atoms with Gasteiger partial charge in [0.1, 0.15) is 63.9 Å². The molecule has 1 N–H and O–H groups in total. The Labute approximate surface area is 371 Å². The van der Waals surface area contributed by atoms with Crippen molar-refractivity contribution in [1.82, 2.24) is 0 Å².